The Morgan fingerprint density at radius 3 is 2.45 bits per heavy atom. The number of carbonyl (C=O) groups excluding carboxylic acids is 2. The van der Waals surface area contributed by atoms with Gasteiger partial charge in [-0.05, 0) is 43.5 Å². The normalized spacial score (nSPS) is 11.5. The lowest BCUT2D eigenvalue weighted by molar-refractivity contribution is -0.118. The van der Waals surface area contributed by atoms with Crippen LogP contribution in [0.2, 0.25) is 0 Å². The Kier molecular flexibility index (Phi) is 6.73. The van der Waals surface area contributed by atoms with Gasteiger partial charge in [0, 0.05) is 29.9 Å². The molecule has 7 heteroatoms. The maximum absolute atomic E-state index is 13.1. The predicted molar refractivity (Wildman–Crippen MR) is 123 cm³/mol. The number of fused-ring (bicyclic) bond motifs is 1. The summed E-state index contributed by atoms with van der Waals surface area (Å²) in [7, 11) is 0. The first kappa shape index (κ1) is 22.5. The standard InChI is InChI=1S/C24H31N5O2/c1-14(2)21-11-19(20-13-26-29(16(5)6)22(20)28-21)24(31)25-12-17-8-7-9-18(10-17)27-23(30)15(3)4/h7-11,13-16H,12H2,1-6H3,(H,25,31)(H,27,30). The number of rotatable bonds is 7. The van der Waals surface area contributed by atoms with E-state index < -0.39 is 0 Å². The van der Waals surface area contributed by atoms with Crippen LogP contribution in [0.5, 0.6) is 0 Å². The highest BCUT2D eigenvalue weighted by molar-refractivity contribution is 6.05. The average molecular weight is 422 g/mol. The number of aromatic nitrogens is 3. The van der Waals surface area contributed by atoms with Gasteiger partial charge in [-0.25, -0.2) is 9.67 Å². The molecule has 2 amide bonds. The number of carbonyl (C=O) groups is 2. The van der Waals surface area contributed by atoms with E-state index in [0.717, 1.165) is 28.0 Å². The van der Waals surface area contributed by atoms with Crippen LogP contribution in [0.3, 0.4) is 0 Å². The van der Waals surface area contributed by atoms with Crippen molar-refractivity contribution in [2.24, 2.45) is 5.92 Å². The van der Waals surface area contributed by atoms with Crippen LogP contribution >= 0.6 is 0 Å². The second-order valence-electron chi connectivity index (χ2n) is 8.70. The molecule has 0 aliphatic rings. The van der Waals surface area contributed by atoms with E-state index in [4.69, 9.17) is 4.98 Å². The van der Waals surface area contributed by atoms with Gasteiger partial charge >= 0.3 is 0 Å². The number of nitrogens with one attached hydrogen (secondary N) is 2. The molecule has 0 atom stereocenters. The molecule has 7 nitrogen and oxygen atoms in total. The van der Waals surface area contributed by atoms with Crippen LogP contribution in [0.4, 0.5) is 5.69 Å². The summed E-state index contributed by atoms with van der Waals surface area (Å²) in [6, 6.07) is 9.50. The Hall–Kier alpha value is -3.22. The van der Waals surface area contributed by atoms with E-state index in [1.165, 1.54) is 0 Å². The first-order chi connectivity index (χ1) is 14.7. The summed E-state index contributed by atoms with van der Waals surface area (Å²) >= 11 is 0. The highest BCUT2D eigenvalue weighted by Gasteiger charge is 2.19. The first-order valence-corrected chi connectivity index (χ1v) is 10.7. The summed E-state index contributed by atoms with van der Waals surface area (Å²) in [5, 5.41) is 11.1. The van der Waals surface area contributed by atoms with E-state index in [9.17, 15) is 9.59 Å². The Morgan fingerprint density at radius 2 is 1.81 bits per heavy atom. The summed E-state index contributed by atoms with van der Waals surface area (Å²) in [6.45, 7) is 12.3. The van der Waals surface area contributed by atoms with Crippen molar-refractivity contribution >= 4 is 28.5 Å². The molecule has 3 aromatic rings. The highest BCUT2D eigenvalue weighted by atomic mass is 16.2. The first-order valence-electron chi connectivity index (χ1n) is 10.7. The molecular formula is C24H31N5O2. The minimum Gasteiger partial charge on any atom is -0.348 e. The number of hydrogen-bond acceptors (Lipinski definition) is 4. The number of benzene rings is 1. The summed E-state index contributed by atoms with van der Waals surface area (Å²) < 4.78 is 1.85. The van der Waals surface area contributed by atoms with Crippen LogP contribution in [0.25, 0.3) is 11.0 Å². The fourth-order valence-electron chi connectivity index (χ4n) is 3.22. The molecule has 0 aliphatic carbocycles. The molecule has 0 bridgehead atoms. The van der Waals surface area contributed by atoms with Crippen molar-refractivity contribution in [2.45, 2.75) is 60.0 Å². The van der Waals surface area contributed by atoms with Crippen molar-refractivity contribution in [1.29, 1.82) is 0 Å². The van der Waals surface area contributed by atoms with Crippen LogP contribution in [-0.2, 0) is 11.3 Å². The molecule has 2 aromatic heterocycles. The zero-order chi connectivity index (χ0) is 22.7. The second kappa shape index (κ2) is 9.29. The molecule has 0 aliphatic heterocycles. The summed E-state index contributed by atoms with van der Waals surface area (Å²) in [6.07, 6.45) is 1.71. The van der Waals surface area contributed by atoms with Gasteiger partial charge in [-0.1, -0.05) is 39.8 Å². The van der Waals surface area contributed by atoms with Crippen LogP contribution in [0.15, 0.2) is 36.5 Å². The molecule has 2 N–H and O–H groups in total. The molecule has 0 unspecified atom stereocenters. The molecule has 3 rings (SSSR count). The van der Waals surface area contributed by atoms with E-state index in [-0.39, 0.29) is 29.7 Å². The smallest absolute Gasteiger partial charge is 0.252 e. The molecule has 0 radical (unpaired) electrons. The van der Waals surface area contributed by atoms with E-state index in [2.05, 4.69) is 29.6 Å². The van der Waals surface area contributed by atoms with Gasteiger partial charge < -0.3 is 10.6 Å². The third-order valence-electron chi connectivity index (χ3n) is 5.08. The van der Waals surface area contributed by atoms with E-state index in [0.29, 0.717) is 12.1 Å². The lowest BCUT2D eigenvalue weighted by Gasteiger charge is -2.13. The maximum Gasteiger partial charge on any atom is 0.252 e. The molecule has 0 fully saturated rings. The number of anilines is 1. The quantitative estimate of drug-likeness (QED) is 0.581. The van der Waals surface area contributed by atoms with E-state index in [1.54, 1.807) is 6.20 Å². The monoisotopic (exact) mass is 421 g/mol. The molecule has 0 spiro atoms. The van der Waals surface area contributed by atoms with Crippen molar-refractivity contribution in [3.63, 3.8) is 0 Å². The van der Waals surface area contributed by atoms with E-state index >= 15 is 0 Å². The minimum atomic E-state index is -0.172. The number of pyridine rings is 1. The van der Waals surface area contributed by atoms with Crippen molar-refractivity contribution < 1.29 is 9.59 Å². The average Bonchev–Trinajstić information content (AvgIpc) is 3.15. The molecule has 0 saturated heterocycles. The van der Waals surface area contributed by atoms with Gasteiger partial charge in [0.05, 0.1) is 17.1 Å². The van der Waals surface area contributed by atoms with Gasteiger partial charge in [0.1, 0.15) is 0 Å². The maximum atomic E-state index is 13.1. The SMILES string of the molecule is CC(C)C(=O)Nc1cccc(CNC(=O)c2cc(C(C)C)nc3c2cnn3C(C)C)c1. The fourth-order valence-corrected chi connectivity index (χ4v) is 3.22. The Labute approximate surface area is 183 Å². The zero-order valence-corrected chi connectivity index (χ0v) is 19.1. The lowest BCUT2D eigenvalue weighted by atomic mass is 10.0. The summed E-state index contributed by atoms with van der Waals surface area (Å²) in [5.74, 6) is -0.120. The largest absolute Gasteiger partial charge is 0.348 e. The van der Waals surface area contributed by atoms with Crippen LogP contribution in [0.1, 0.15) is 75.1 Å². The number of nitrogens with zero attached hydrogens (tertiary/aromatic N) is 3. The van der Waals surface area contributed by atoms with Crippen LogP contribution in [0, 0.1) is 5.92 Å². The number of amides is 2. The van der Waals surface area contributed by atoms with Crippen LogP contribution in [-0.4, -0.2) is 26.6 Å². The number of hydrogen-bond donors (Lipinski definition) is 2. The fraction of sp³-hybridized carbons (Fsp3) is 0.417. The molecule has 31 heavy (non-hydrogen) atoms. The second-order valence-corrected chi connectivity index (χ2v) is 8.70. The lowest BCUT2D eigenvalue weighted by Crippen LogP contribution is -2.24. The van der Waals surface area contributed by atoms with Gasteiger partial charge in [0.2, 0.25) is 5.91 Å². The molecule has 2 heterocycles. The Balaban J connectivity index is 1.83. The molecule has 1 aromatic carbocycles. The highest BCUT2D eigenvalue weighted by Crippen LogP contribution is 2.24. The topological polar surface area (TPSA) is 88.9 Å². The van der Waals surface area contributed by atoms with Crippen molar-refractivity contribution in [1.82, 2.24) is 20.1 Å². The molecule has 164 valence electrons. The van der Waals surface area contributed by atoms with Gasteiger partial charge in [-0.2, -0.15) is 5.10 Å². The zero-order valence-electron chi connectivity index (χ0n) is 19.1. The Bertz CT molecular complexity index is 1100. The van der Waals surface area contributed by atoms with Crippen molar-refractivity contribution in [2.75, 3.05) is 5.32 Å². The van der Waals surface area contributed by atoms with Crippen molar-refractivity contribution in [3.8, 4) is 0 Å². The van der Waals surface area contributed by atoms with E-state index in [1.807, 2.05) is 62.7 Å². The summed E-state index contributed by atoms with van der Waals surface area (Å²) in [5.41, 5.74) is 3.78. The third-order valence-corrected chi connectivity index (χ3v) is 5.08. The van der Waals surface area contributed by atoms with Crippen LogP contribution < -0.4 is 10.6 Å². The summed E-state index contributed by atoms with van der Waals surface area (Å²) in [4.78, 5) is 29.8. The molecule has 0 saturated carbocycles. The minimum absolute atomic E-state index is 0.0382. The van der Waals surface area contributed by atoms with Gasteiger partial charge in [-0.3, -0.25) is 9.59 Å². The Morgan fingerprint density at radius 1 is 1.06 bits per heavy atom. The van der Waals surface area contributed by atoms with Gasteiger partial charge in [-0.15, -0.1) is 0 Å². The molecular weight excluding hydrogens is 390 g/mol. The van der Waals surface area contributed by atoms with Gasteiger partial charge in [0.15, 0.2) is 5.65 Å². The van der Waals surface area contributed by atoms with Crippen molar-refractivity contribution in [3.05, 3.63) is 53.3 Å². The van der Waals surface area contributed by atoms with Gasteiger partial charge in [0.25, 0.3) is 5.91 Å². The predicted octanol–water partition coefficient (Wildman–Crippen LogP) is 4.66. The third kappa shape index (κ3) is 5.10.